The molecule has 1 aliphatic heterocycles. The molecule has 1 aliphatic rings. The number of nitrogens with zero attached hydrogens (tertiary/aromatic N) is 2. The van der Waals surface area contributed by atoms with Crippen LogP contribution >= 0.6 is 0 Å². The second-order valence-corrected chi connectivity index (χ2v) is 3.96. The summed E-state index contributed by atoms with van der Waals surface area (Å²) in [5.74, 6) is 0.645. The van der Waals surface area contributed by atoms with Crippen molar-refractivity contribution < 1.29 is 4.79 Å². The molecule has 1 saturated heterocycles. The molecule has 1 rings (SSSR count). The number of carbonyl (C=O) groups is 1. The fraction of sp³-hybridized carbons (Fsp3) is 0.818. The molecule has 14 heavy (non-hydrogen) atoms. The average molecular weight is 194 g/mol. The highest BCUT2D eigenvalue weighted by Crippen LogP contribution is 2.24. The summed E-state index contributed by atoms with van der Waals surface area (Å²) in [5, 5.41) is 8.88. The number of hydrogen-bond donors (Lipinski definition) is 0. The van der Waals surface area contributed by atoms with Crippen LogP contribution in [0.3, 0.4) is 0 Å². The van der Waals surface area contributed by atoms with Crippen LogP contribution in [0.2, 0.25) is 0 Å². The van der Waals surface area contributed by atoms with Gasteiger partial charge in [0.05, 0.1) is 6.07 Å². The summed E-state index contributed by atoms with van der Waals surface area (Å²) in [6.07, 6.45) is 3.60. The number of hydrogen-bond acceptors (Lipinski definition) is 2. The molecule has 0 aliphatic carbocycles. The maximum absolute atomic E-state index is 11.6. The van der Waals surface area contributed by atoms with Crippen LogP contribution in [0, 0.1) is 17.2 Å². The highest BCUT2D eigenvalue weighted by Gasteiger charge is 2.32. The maximum Gasteiger partial charge on any atom is 0.223 e. The topological polar surface area (TPSA) is 44.1 Å². The Bertz CT molecular complexity index is 244. The number of amides is 1. The molecule has 3 nitrogen and oxygen atoms in total. The first-order valence-corrected chi connectivity index (χ1v) is 5.42. The van der Waals surface area contributed by atoms with E-state index in [9.17, 15) is 4.79 Å². The summed E-state index contributed by atoms with van der Waals surface area (Å²) in [6.45, 7) is 4.88. The number of carbonyl (C=O) groups excluding carboxylic acids is 1. The SMILES string of the molecule is CCC[C@@H]1CC(=O)N(C(C#N)CC)C1. The lowest BCUT2D eigenvalue weighted by atomic mass is 10.0. The third-order valence-electron chi connectivity index (χ3n) is 2.85. The summed E-state index contributed by atoms with van der Waals surface area (Å²) >= 11 is 0. The highest BCUT2D eigenvalue weighted by atomic mass is 16.2. The molecule has 3 heteroatoms. The van der Waals surface area contributed by atoms with E-state index in [4.69, 9.17) is 5.26 Å². The summed E-state index contributed by atoms with van der Waals surface area (Å²) in [7, 11) is 0. The Kier molecular flexibility index (Phi) is 3.94. The molecular formula is C11H18N2O. The van der Waals surface area contributed by atoms with Gasteiger partial charge < -0.3 is 4.90 Å². The number of nitriles is 1. The molecule has 1 amide bonds. The second-order valence-electron chi connectivity index (χ2n) is 3.96. The zero-order chi connectivity index (χ0) is 10.6. The molecule has 1 unspecified atom stereocenters. The van der Waals surface area contributed by atoms with E-state index in [-0.39, 0.29) is 11.9 Å². The minimum absolute atomic E-state index is 0.164. The summed E-state index contributed by atoms with van der Waals surface area (Å²) in [4.78, 5) is 13.3. The van der Waals surface area contributed by atoms with Gasteiger partial charge in [-0.05, 0) is 18.8 Å². The zero-order valence-electron chi connectivity index (χ0n) is 8.99. The predicted molar refractivity (Wildman–Crippen MR) is 54.4 cm³/mol. The fourth-order valence-electron chi connectivity index (χ4n) is 2.09. The van der Waals surface area contributed by atoms with Crippen molar-refractivity contribution in [1.29, 1.82) is 5.26 Å². The van der Waals surface area contributed by atoms with Crippen molar-refractivity contribution in [2.75, 3.05) is 6.54 Å². The van der Waals surface area contributed by atoms with E-state index in [2.05, 4.69) is 13.0 Å². The van der Waals surface area contributed by atoms with Crippen LogP contribution in [0.4, 0.5) is 0 Å². The minimum atomic E-state index is -0.204. The molecule has 0 spiro atoms. The lowest BCUT2D eigenvalue weighted by Crippen LogP contribution is -2.35. The lowest BCUT2D eigenvalue weighted by molar-refractivity contribution is -0.128. The molecule has 2 atom stereocenters. The van der Waals surface area contributed by atoms with Crippen molar-refractivity contribution in [3.8, 4) is 6.07 Å². The monoisotopic (exact) mass is 194 g/mol. The zero-order valence-corrected chi connectivity index (χ0v) is 8.99. The van der Waals surface area contributed by atoms with Crippen LogP contribution in [0.25, 0.3) is 0 Å². The Balaban J connectivity index is 2.56. The normalized spacial score (nSPS) is 23.6. The standard InChI is InChI=1S/C11H18N2O/c1-3-5-9-6-11(14)13(8-9)10(4-2)7-12/h9-10H,3-6,8H2,1-2H3/t9-,10?/m1/s1. The van der Waals surface area contributed by atoms with Gasteiger partial charge in [0.15, 0.2) is 0 Å². The van der Waals surface area contributed by atoms with Crippen molar-refractivity contribution in [1.82, 2.24) is 4.90 Å². The van der Waals surface area contributed by atoms with Crippen molar-refractivity contribution in [3.05, 3.63) is 0 Å². The summed E-state index contributed by atoms with van der Waals surface area (Å²) in [6, 6.07) is 1.99. The van der Waals surface area contributed by atoms with Gasteiger partial charge >= 0.3 is 0 Å². The molecule has 0 bridgehead atoms. The van der Waals surface area contributed by atoms with E-state index in [1.165, 1.54) is 0 Å². The van der Waals surface area contributed by atoms with Crippen LogP contribution in [0.15, 0.2) is 0 Å². The molecule has 0 aromatic rings. The first kappa shape index (κ1) is 11.0. The van der Waals surface area contributed by atoms with E-state index in [0.29, 0.717) is 12.3 Å². The molecule has 0 aromatic carbocycles. The van der Waals surface area contributed by atoms with Gasteiger partial charge in [-0.3, -0.25) is 4.79 Å². The highest BCUT2D eigenvalue weighted by molar-refractivity contribution is 5.79. The van der Waals surface area contributed by atoms with Gasteiger partial charge in [0.2, 0.25) is 5.91 Å². The van der Waals surface area contributed by atoms with Gasteiger partial charge in [-0.15, -0.1) is 0 Å². The van der Waals surface area contributed by atoms with Gasteiger partial charge in [-0.25, -0.2) is 0 Å². The van der Waals surface area contributed by atoms with Crippen molar-refractivity contribution >= 4 is 5.91 Å². The third kappa shape index (κ3) is 2.25. The van der Waals surface area contributed by atoms with Crippen LogP contribution < -0.4 is 0 Å². The van der Waals surface area contributed by atoms with E-state index in [0.717, 1.165) is 25.8 Å². The molecule has 0 N–H and O–H groups in total. The van der Waals surface area contributed by atoms with Gasteiger partial charge in [0, 0.05) is 13.0 Å². The first-order valence-electron chi connectivity index (χ1n) is 5.42. The Morgan fingerprint density at radius 1 is 1.64 bits per heavy atom. The van der Waals surface area contributed by atoms with E-state index >= 15 is 0 Å². The third-order valence-corrected chi connectivity index (χ3v) is 2.85. The molecule has 1 fully saturated rings. The largest absolute Gasteiger partial charge is 0.326 e. The quantitative estimate of drug-likeness (QED) is 0.686. The van der Waals surface area contributed by atoms with Gasteiger partial charge in [-0.1, -0.05) is 20.3 Å². The smallest absolute Gasteiger partial charge is 0.223 e. The summed E-state index contributed by atoms with van der Waals surface area (Å²) < 4.78 is 0. The summed E-state index contributed by atoms with van der Waals surface area (Å²) in [5.41, 5.74) is 0. The number of likely N-dealkylation sites (tertiary alicyclic amines) is 1. The predicted octanol–water partition coefficient (Wildman–Crippen LogP) is 1.94. The second kappa shape index (κ2) is 4.99. The first-order chi connectivity index (χ1) is 6.72. The van der Waals surface area contributed by atoms with Gasteiger partial charge in [0.25, 0.3) is 0 Å². The van der Waals surface area contributed by atoms with Gasteiger partial charge in [0.1, 0.15) is 6.04 Å². The average Bonchev–Trinajstić information content (AvgIpc) is 2.51. The molecule has 1 heterocycles. The Labute approximate surface area is 85.7 Å². The Morgan fingerprint density at radius 2 is 2.36 bits per heavy atom. The van der Waals surface area contributed by atoms with Crippen LogP contribution in [-0.4, -0.2) is 23.4 Å². The van der Waals surface area contributed by atoms with Crippen molar-refractivity contribution in [2.45, 2.75) is 45.6 Å². The molecule has 0 aromatic heterocycles. The van der Waals surface area contributed by atoms with Gasteiger partial charge in [-0.2, -0.15) is 5.26 Å². The van der Waals surface area contributed by atoms with Crippen LogP contribution in [0.5, 0.6) is 0 Å². The molecule has 0 radical (unpaired) electrons. The lowest BCUT2D eigenvalue weighted by Gasteiger charge is -2.21. The maximum atomic E-state index is 11.6. The Morgan fingerprint density at radius 3 is 2.86 bits per heavy atom. The van der Waals surface area contributed by atoms with Crippen LogP contribution in [-0.2, 0) is 4.79 Å². The van der Waals surface area contributed by atoms with Crippen LogP contribution in [0.1, 0.15) is 39.5 Å². The van der Waals surface area contributed by atoms with Crippen molar-refractivity contribution in [2.24, 2.45) is 5.92 Å². The van der Waals surface area contributed by atoms with Crippen molar-refractivity contribution in [3.63, 3.8) is 0 Å². The molecule has 0 saturated carbocycles. The molecular weight excluding hydrogens is 176 g/mol. The minimum Gasteiger partial charge on any atom is -0.326 e. The number of rotatable bonds is 4. The fourth-order valence-corrected chi connectivity index (χ4v) is 2.09. The van der Waals surface area contributed by atoms with E-state index in [1.54, 1.807) is 4.90 Å². The molecule has 78 valence electrons. The van der Waals surface area contributed by atoms with E-state index in [1.807, 2.05) is 6.92 Å². The Hall–Kier alpha value is -1.04. The van der Waals surface area contributed by atoms with E-state index < -0.39 is 0 Å².